The summed E-state index contributed by atoms with van der Waals surface area (Å²) in [7, 11) is 0. The number of pyridine rings is 3. The first-order valence-electron chi connectivity index (χ1n) is 13.8. The molecule has 1 aliphatic carbocycles. The number of rotatable bonds is 3. The molecule has 2 aliphatic rings. The minimum atomic E-state index is -1.70. The van der Waals surface area contributed by atoms with E-state index in [1.54, 1.807) is 17.3 Å². The zero-order chi connectivity index (χ0) is 29.7. The Kier molecular flexibility index (Phi) is 9.87. The average molecular weight is 672 g/mol. The van der Waals surface area contributed by atoms with E-state index in [2.05, 4.69) is 39.6 Å². The second-order valence-electron chi connectivity index (χ2n) is 11.0. The van der Waals surface area contributed by atoms with E-state index in [1.807, 2.05) is 26.0 Å². The molecule has 9 nitrogen and oxygen atoms in total. The Labute approximate surface area is 270 Å². The monoisotopic (exact) mass is 670 g/mol. The molecule has 13 heteroatoms. The van der Waals surface area contributed by atoms with Gasteiger partial charge >= 0.3 is 19.5 Å². The third-order valence-electron chi connectivity index (χ3n) is 7.74. The van der Waals surface area contributed by atoms with Crippen molar-refractivity contribution >= 4 is 50.1 Å². The molecule has 1 aliphatic heterocycles. The summed E-state index contributed by atoms with van der Waals surface area (Å²) < 4.78 is 32.2. The van der Waals surface area contributed by atoms with Gasteiger partial charge in [0.1, 0.15) is 5.69 Å². The maximum Gasteiger partial charge on any atom is 2.00 e. The van der Waals surface area contributed by atoms with Crippen molar-refractivity contribution in [3.8, 4) is 0 Å². The zero-order valence-electron chi connectivity index (χ0n) is 24.2. The molecule has 2 atom stereocenters. The number of carboxylic acids is 1. The van der Waals surface area contributed by atoms with Gasteiger partial charge in [-0.25, -0.2) is 8.78 Å². The van der Waals surface area contributed by atoms with Crippen LogP contribution in [-0.4, -0.2) is 45.7 Å². The number of hydrogen-bond acceptors (Lipinski definition) is 8. The Hall–Kier alpha value is -3.73. The molecule has 2 fully saturated rings. The van der Waals surface area contributed by atoms with E-state index in [0.29, 0.717) is 25.9 Å². The number of nitrogens with zero attached hydrogens (tertiary/aromatic N) is 4. The third kappa shape index (κ3) is 5.98. The Balaban J connectivity index is 0.000000232. The number of fused-ring (bicyclic) bond motifs is 4. The Morgan fingerprint density at radius 2 is 1.52 bits per heavy atom. The largest absolute Gasteiger partial charge is 2.00 e. The fourth-order valence-electron chi connectivity index (χ4n) is 5.81. The van der Waals surface area contributed by atoms with Gasteiger partial charge in [0.05, 0.1) is 39.2 Å². The molecule has 5 aromatic rings. The van der Waals surface area contributed by atoms with Gasteiger partial charge in [0, 0.05) is 60.6 Å². The van der Waals surface area contributed by atoms with Crippen LogP contribution in [0.5, 0.6) is 0 Å². The van der Waals surface area contributed by atoms with Crippen LogP contribution < -0.4 is 38.9 Å². The van der Waals surface area contributed by atoms with E-state index in [4.69, 9.17) is 5.73 Å². The van der Waals surface area contributed by atoms with E-state index < -0.39 is 39.7 Å². The first-order chi connectivity index (χ1) is 20.2. The molecule has 0 radical (unpaired) electrons. The Morgan fingerprint density at radius 3 is 2.02 bits per heavy atom. The molecule has 3 aromatic heterocycles. The minimum absolute atomic E-state index is 0. The van der Waals surface area contributed by atoms with Crippen LogP contribution in [0.4, 0.5) is 20.2 Å². The summed E-state index contributed by atoms with van der Waals surface area (Å²) in [5.41, 5.74) is 5.22. The number of hydrogen-bond donors (Lipinski definition) is 2. The second-order valence-corrected chi connectivity index (χ2v) is 11.0. The van der Waals surface area contributed by atoms with Gasteiger partial charge in [-0.1, -0.05) is 24.3 Å². The number of nitrogens with two attached hydrogens (primary N) is 1. The van der Waals surface area contributed by atoms with Crippen molar-refractivity contribution in [3.63, 3.8) is 0 Å². The minimum Gasteiger partial charge on any atom is -1.00 e. The molecular weight excluding hydrogens is 643 g/mol. The van der Waals surface area contributed by atoms with Crippen LogP contribution in [0.25, 0.3) is 32.7 Å². The first-order valence-corrected chi connectivity index (χ1v) is 13.8. The van der Waals surface area contributed by atoms with Gasteiger partial charge in [-0.3, -0.25) is 14.8 Å². The van der Waals surface area contributed by atoms with Gasteiger partial charge in [0.25, 0.3) is 0 Å². The number of carbonyl (C=O) groups excluding carboxylic acids is 1. The molecule has 0 unspecified atom stereocenters. The molecule has 1 saturated heterocycles. The van der Waals surface area contributed by atoms with E-state index in [-0.39, 0.29) is 61.2 Å². The van der Waals surface area contributed by atoms with Crippen LogP contribution in [0.1, 0.15) is 43.1 Å². The summed E-state index contributed by atoms with van der Waals surface area (Å²) in [6.45, 7) is 4.56. The number of aromatic nitrogens is 3. The summed E-state index contributed by atoms with van der Waals surface area (Å²) in [5.74, 6) is -3.63. The first kappa shape index (κ1) is 33.2. The summed E-state index contributed by atoms with van der Waals surface area (Å²) in [4.78, 5) is 34.2. The van der Waals surface area contributed by atoms with Gasteiger partial charge in [-0.05, 0) is 38.8 Å². The van der Waals surface area contributed by atoms with Gasteiger partial charge in [0.15, 0.2) is 11.6 Å². The SMILES string of the molecule is C[C@@H]1CN(c2c(F)c(N)c3c(=O)c(C(=O)[O-])cn(C4CC4)c3c2F)C[C@H](C)N1.[Cl-].[Zn+2].c1cnc2c(c1)ccc1cccnc12. The summed E-state index contributed by atoms with van der Waals surface area (Å²) in [6, 6.07) is 12.0. The predicted octanol–water partition coefficient (Wildman–Crippen LogP) is 0.531. The number of carboxylic acid groups (broad SMARTS) is 1. The van der Waals surface area contributed by atoms with Crippen molar-refractivity contribution in [2.24, 2.45) is 0 Å². The van der Waals surface area contributed by atoms with Gasteiger partial charge in [-0.15, -0.1) is 0 Å². The molecule has 2 aromatic carbocycles. The van der Waals surface area contributed by atoms with Crippen molar-refractivity contribution < 1.29 is 50.6 Å². The molecule has 7 rings (SSSR count). The van der Waals surface area contributed by atoms with E-state index in [0.717, 1.165) is 28.0 Å². The van der Waals surface area contributed by atoms with Gasteiger partial charge in [0.2, 0.25) is 5.43 Å². The zero-order valence-corrected chi connectivity index (χ0v) is 27.9. The predicted molar refractivity (Wildman–Crippen MR) is 156 cm³/mol. The molecule has 3 N–H and O–H groups in total. The number of aromatic carboxylic acids is 1. The van der Waals surface area contributed by atoms with Crippen LogP contribution in [-0.2, 0) is 19.5 Å². The van der Waals surface area contributed by atoms with Crippen molar-refractivity contribution in [1.29, 1.82) is 0 Å². The van der Waals surface area contributed by atoms with E-state index in [1.165, 1.54) is 4.57 Å². The molecule has 0 amide bonds. The molecular formula is C31H29ClF2N6O3Zn. The molecule has 4 heterocycles. The van der Waals surface area contributed by atoms with Crippen molar-refractivity contribution in [3.05, 3.63) is 82.4 Å². The van der Waals surface area contributed by atoms with Crippen LogP contribution in [0, 0.1) is 11.6 Å². The number of carbonyl (C=O) groups is 1. The summed E-state index contributed by atoms with van der Waals surface area (Å²) >= 11 is 0. The average Bonchev–Trinajstić information content (AvgIpc) is 3.81. The van der Waals surface area contributed by atoms with Crippen LogP contribution >= 0.6 is 0 Å². The van der Waals surface area contributed by atoms with Crippen LogP contribution in [0.15, 0.2) is 59.8 Å². The number of nitrogens with one attached hydrogen (secondary N) is 1. The molecule has 44 heavy (non-hydrogen) atoms. The number of benzene rings is 2. The van der Waals surface area contributed by atoms with Crippen molar-refractivity contribution in [2.45, 2.75) is 44.8 Å². The Morgan fingerprint density at radius 1 is 0.977 bits per heavy atom. The Bertz CT molecular complexity index is 1870. The number of halogens is 3. The molecule has 1 saturated carbocycles. The van der Waals surface area contributed by atoms with Gasteiger partial charge in [-0.2, -0.15) is 0 Å². The van der Waals surface area contributed by atoms with E-state index in [9.17, 15) is 14.7 Å². The van der Waals surface area contributed by atoms with Gasteiger partial charge < -0.3 is 42.8 Å². The fraction of sp³-hybridized carbons (Fsp3) is 0.290. The topological polar surface area (TPSA) is 129 Å². The van der Waals surface area contributed by atoms with Crippen molar-refractivity contribution in [1.82, 2.24) is 19.9 Å². The quantitative estimate of drug-likeness (QED) is 0.162. The molecule has 224 valence electrons. The fourth-order valence-corrected chi connectivity index (χ4v) is 5.81. The third-order valence-corrected chi connectivity index (χ3v) is 7.74. The smallest absolute Gasteiger partial charge is 1.00 e. The summed E-state index contributed by atoms with van der Waals surface area (Å²) in [6.07, 6.45) is 6.11. The second kappa shape index (κ2) is 13.1. The van der Waals surface area contributed by atoms with E-state index >= 15 is 8.78 Å². The molecule has 0 bridgehead atoms. The summed E-state index contributed by atoms with van der Waals surface area (Å²) in [5, 5.41) is 16.5. The maximum atomic E-state index is 15.6. The standard InChI is InChI=1S/C19H22F2N4O3.C12H8N2.ClH.Zn/c1-8-5-24(6-9(2)23-8)17-13(20)15(22)12-16(14(17)21)25(10-3-4-10)7-11(18(12)26)19(27)28;1-3-9-5-6-10-4-2-8-14-12(10)11(9)13-7-1;;/h7-10,23H,3-6,22H2,1-2H3,(H,27,28);1-8H;1H;/q;;;+2/p-2/t8-,9+;;;. The number of nitrogen functional groups attached to an aromatic ring is 1. The van der Waals surface area contributed by atoms with Crippen LogP contribution in [0.3, 0.4) is 0 Å². The molecule has 0 spiro atoms. The van der Waals surface area contributed by atoms with Crippen molar-refractivity contribution in [2.75, 3.05) is 23.7 Å². The number of piperazine rings is 1. The normalized spacial score (nSPS) is 17.9. The van der Waals surface area contributed by atoms with Crippen LogP contribution in [0.2, 0.25) is 0 Å². The maximum absolute atomic E-state index is 15.6. The number of anilines is 2.